The number of rotatable bonds is 5. The van der Waals surface area contributed by atoms with Crippen LogP contribution in [0.4, 0.5) is 5.13 Å². The van der Waals surface area contributed by atoms with Gasteiger partial charge in [-0.15, -0.1) is 10.2 Å². The van der Waals surface area contributed by atoms with E-state index in [1.54, 1.807) is 5.51 Å². The fourth-order valence-electron chi connectivity index (χ4n) is 1.49. The Morgan fingerprint density at radius 2 is 2.37 bits per heavy atom. The molecular formula is C12H12BrN3O2S. The van der Waals surface area contributed by atoms with Crippen molar-refractivity contribution in [1.82, 2.24) is 10.2 Å². The second kappa shape index (κ2) is 6.63. The number of hydrogen-bond donors (Lipinski definition) is 1. The Hall–Kier alpha value is -1.47. The van der Waals surface area contributed by atoms with Gasteiger partial charge in [-0.3, -0.25) is 10.1 Å². The second-order valence-electron chi connectivity index (χ2n) is 3.69. The summed E-state index contributed by atoms with van der Waals surface area (Å²) in [5.74, 6) is 0.472. The van der Waals surface area contributed by atoms with Crippen LogP contribution in [0.3, 0.4) is 0 Å². The predicted octanol–water partition coefficient (Wildman–Crippen LogP) is 2.88. The lowest BCUT2D eigenvalue weighted by Crippen LogP contribution is -2.20. The fourth-order valence-corrected chi connectivity index (χ4v) is 2.36. The molecule has 0 bridgehead atoms. The highest BCUT2D eigenvalue weighted by Crippen LogP contribution is 2.23. The van der Waals surface area contributed by atoms with Gasteiger partial charge in [-0.25, -0.2) is 0 Å². The largest absolute Gasteiger partial charge is 0.483 e. The molecule has 5 nitrogen and oxygen atoms in total. The van der Waals surface area contributed by atoms with Crippen LogP contribution in [0.5, 0.6) is 5.75 Å². The van der Waals surface area contributed by atoms with Gasteiger partial charge in [0.1, 0.15) is 11.3 Å². The van der Waals surface area contributed by atoms with Crippen LogP contribution in [0.1, 0.15) is 12.5 Å². The molecule has 2 rings (SSSR count). The van der Waals surface area contributed by atoms with Crippen molar-refractivity contribution in [1.29, 1.82) is 0 Å². The van der Waals surface area contributed by atoms with Crippen LogP contribution in [0.25, 0.3) is 0 Å². The number of ether oxygens (including phenoxy) is 1. The Morgan fingerprint density at radius 1 is 1.53 bits per heavy atom. The Labute approximate surface area is 123 Å². The SMILES string of the molecule is CCc1cc(Br)ccc1OCC(=O)Nc1nncs1. The van der Waals surface area contributed by atoms with Gasteiger partial charge >= 0.3 is 0 Å². The number of carbonyl (C=O) groups excluding carboxylic acids is 1. The van der Waals surface area contributed by atoms with Crippen molar-refractivity contribution in [3.63, 3.8) is 0 Å². The molecule has 0 unspecified atom stereocenters. The van der Waals surface area contributed by atoms with Gasteiger partial charge in [0.05, 0.1) is 0 Å². The van der Waals surface area contributed by atoms with Gasteiger partial charge in [0.25, 0.3) is 5.91 Å². The molecule has 2 aromatic rings. The molecule has 100 valence electrons. The summed E-state index contributed by atoms with van der Waals surface area (Å²) in [6.45, 7) is 1.99. The zero-order valence-electron chi connectivity index (χ0n) is 10.2. The summed E-state index contributed by atoms with van der Waals surface area (Å²) in [4.78, 5) is 11.6. The Morgan fingerprint density at radius 3 is 3.05 bits per heavy atom. The van der Waals surface area contributed by atoms with E-state index >= 15 is 0 Å². The maximum absolute atomic E-state index is 11.6. The molecule has 1 amide bonds. The van der Waals surface area contributed by atoms with E-state index in [2.05, 4.69) is 31.4 Å². The molecule has 1 heterocycles. The minimum atomic E-state index is -0.248. The Balaban J connectivity index is 1.93. The molecule has 0 atom stereocenters. The van der Waals surface area contributed by atoms with Crippen molar-refractivity contribution in [2.75, 3.05) is 11.9 Å². The molecule has 0 saturated carbocycles. The monoisotopic (exact) mass is 341 g/mol. The van der Waals surface area contributed by atoms with Crippen LogP contribution in [0.2, 0.25) is 0 Å². The third-order valence-electron chi connectivity index (χ3n) is 2.37. The average Bonchev–Trinajstić information content (AvgIpc) is 2.90. The lowest BCUT2D eigenvalue weighted by atomic mass is 10.1. The van der Waals surface area contributed by atoms with Crippen LogP contribution in [-0.4, -0.2) is 22.7 Å². The number of benzene rings is 1. The van der Waals surface area contributed by atoms with Crippen molar-refractivity contribution in [2.45, 2.75) is 13.3 Å². The van der Waals surface area contributed by atoms with Gasteiger partial charge < -0.3 is 4.74 Å². The van der Waals surface area contributed by atoms with Crippen LogP contribution in [0.15, 0.2) is 28.2 Å². The average molecular weight is 342 g/mol. The molecule has 0 aliphatic rings. The van der Waals surface area contributed by atoms with E-state index in [4.69, 9.17) is 4.74 Å². The van der Waals surface area contributed by atoms with Crippen molar-refractivity contribution in [3.05, 3.63) is 33.7 Å². The highest BCUT2D eigenvalue weighted by molar-refractivity contribution is 9.10. The zero-order valence-corrected chi connectivity index (χ0v) is 12.6. The van der Waals surface area contributed by atoms with Crippen LogP contribution >= 0.6 is 27.3 Å². The van der Waals surface area contributed by atoms with Crippen molar-refractivity contribution < 1.29 is 9.53 Å². The van der Waals surface area contributed by atoms with E-state index in [1.807, 2.05) is 25.1 Å². The van der Waals surface area contributed by atoms with Gasteiger partial charge in [-0.2, -0.15) is 0 Å². The Bertz CT molecular complexity index is 560. The molecule has 1 aromatic carbocycles. The van der Waals surface area contributed by atoms with E-state index < -0.39 is 0 Å². The number of anilines is 1. The summed E-state index contributed by atoms with van der Waals surface area (Å²) < 4.78 is 6.51. The lowest BCUT2D eigenvalue weighted by molar-refractivity contribution is -0.118. The topological polar surface area (TPSA) is 64.1 Å². The van der Waals surface area contributed by atoms with Gasteiger partial charge in [0.2, 0.25) is 5.13 Å². The maximum Gasteiger partial charge on any atom is 0.264 e. The summed E-state index contributed by atoms with van der Waals surface area (Å²) in [6.07, 6.45) is 0.840. The Kier molecular flexibility index (Phi) is 4.86. The second-order valence-corrected chi connectivity index (χ2v) is 5.44. The highest BCUT2D eigenvalue weighted by Gasteiger charge is 2.08. The summed E-state index contributed by atoms with van der Waals surface area (Å²) in [5, 5.41) is 10.5. The number of amides is 1. The van der Waals surface area contributed by atoms with E-state index in [1.165, 1.54) is 11.3 Å². The quantitative estimate of drug-likeness (QED) is 0.908. The first kappa shape index (κ1) is 14.0. The molecule has 0 fully saturated rings. The third-order valence-corrected chi connectivity index (χ3v) is 3.47. The molecule has 0 radical (unpaired) electrons. The number of aryl methyl sites for hydroxylation is 1. The fraction of sp³-hybridized carbons (Fsp3) is 0.250. The van der Waals surface area contributed by atoms with E-state index in [-0.39, 0.29) is 12.5 Å². The van der Waals surface area contributed by atoms with Gasteiger partial charge in [0, 0.05) is 4.47 Å². The van der Waals surface area contributed by atoms with E-state index in [9.17, 15) is 4.79 Å². The number of nitrogens with zero attached hydrogens (tertiary/aromatic N) is 2. The number of aromatic nitrogens is 2. The van der Waals surface area contributed by atoms with E-state index in [0.717, 1.165) is 22.2 Å². The van der Waals surface area contributed by atoms with Gasteiger partial charge in [-0.05, 0) is 30.2 Å². The number of carbonyl (C=O) groups is 1. The number of hydrogen-bond acceptors (Lipinski definition) is 5. The first-order valence-electron chi connectivity index (χ1n) is 5.66. The molecule has 1 aromatic heterocycles. The first-order valence-corrected chi connectivity index (χ1v) is 7.33. The zero-order chi connectivity index (χ0) is 13.7. The molecule has 0 spiro atoms. The lowest BCUT2D eigenvalue weighted by Gasteiger charge is -2.10. The normalized spacial score (nSPS) is 10.2. The highest BCUT2D eigenvalue weighted by atomic mass is 79.9. The van der Waals surface area contributed by atoms with Gasteiger partial charge in [-0.1, -0.05) is 34.2 Å². The van der Waals surface area contributed by atoms with Gasteiger partial charge in [0.15, 0.2) is 6.61 Å². The molecule has 1 N–H and O–H groups in total. The molecule has 0 aliphatic heterocycles. The molecule has 19 heavy (non-hydrogen) atoms. The summed E-state index contributed by atoms with van der Waals surface area (Å²) in [6, 6.07) is 5.72. The number of halogens is 1. The smallest absolute Gasteiger partial charge is 0.264 e. The number of nitrogens with one attached hydrogen (secondary N) is 1. The summed E-state index contributed by atoms with van der Waals surface area (Å²) >= 11 is 4.67. The minimum Gasteiger partial charge on any atom is -0.483 e. The standard InChI is InChI=1S/C12H12BrN3O2S/c1-2-8-5-9(13)3-4-10(8)18-6-11(17)15-12-16-14-7-19-12/h3-5,7H,2,6H2,1H3,(H,15,16,17). The molecule has 0 aliphatic carbocycles. The van der Waals surface area contributed by atoms with Crippen molar-refractivity contribution in [2.24, 2.45) is 0 Å². The molecule has 0 saturated heterocycles. The molecular weight excluding hydrogens is 330 g/mol. The van der Waals surface area contributed by atoms with Crippen LogP contribution in [0, 0.1) is 0 Å². The third kappa shape index (κ3) is 4.00. The van der Waals surface area contributed by atoms with Crippen molar-refractivity contribution >= 4 is 38.3 Å². The maximum atomic E-state index is 11.6. The van der Waals surface area contributed by atoms with Crippen LogP contribution < -0.4 is 10.1 Å². The first-order chi connectivity index (χ1) is 9.19. The minimum absolute atomic E-state index is 0.0474. The van der Waals surface area contributed by atoms with Crippen LogP contribution in [-0.2, 0) is 11.2 Å². The summed E-state index contributed by atoms with van der Waals surface area (Å²) in [7, 11) is 0. The predicted molar refractivity (Wildman–Crippen MR) is 77.6 cm³/mol. The summed E-state index contributed by atoms with van der Waals surface area (Å²) in [5.41, 5.74) is 2.61. The van der Waals surface area contributed by atoms with E-state index in [0.29, 0.717) is 5.13 Å². The van der Waals surface area contributed by atoms with Crippen molar-refractivity contribution in [3.8, 4) is 5.75 Å². The molecule has 7 heteroatoms.